The molecule has 0 aliphatic carbocycles. The van der Waals surface area contributed by atoms with E-state index in [9.17, 15) is 8.78 Å². The molecule has 0 radical (unpaired) electrons. The van der Waals surface area contributed by atoms with E-state index >= 15 is 0 Å². The zero-order valence-electron chi connectivity index (χ0n) is 16.0. The topological polar surface area (TPSA) is 98.4 Å². The van der Waals surface area contributed by atoms with Gasteiger partial charge in [-0.3, -0.25) is 0 Å². The van der Waals surface area contributed by atoms with Gasteiger partial charge in [0.15, 0.2) is 5.82 Å². The van der Waals surface area contributed by atoms with Crippen molar-refractivity contribution in [2.75, 3.05) is 62.0 Å². The molecule has 4 rings (SSSR count). The summed E-state index contributed by atoms with van der Waals surface area (Å²) >= 11 is 0. The second-order valence-corrected chi connectivity index (χ2v) is 6.94. The van der Waals surface area contributed by atoms with Crippen molar-refractivity contribution in [3.63, 3.8) is 0 Å². The van der Waals surface area contributed by atoms with Gasteiger partial charge < -0.3 is 25.4 Å². The summed E-state index contributed by atoms with van der Waals surface area (Å²) in [5.74, 6) is 1.65. The van der Waals surface area contributed by atoms with Gasteiger partial charge in [-0.15, -0.1) is 0 Å². The molecule has 0 unspecified atom stereocenters. The number of morpholine rings is 1. The third kappa shape index (κ3) is 4.38. The van der Waals surface area contributed by atoms with Gasteiger partial charge in [0.2, 0.25) is 0 Å². The normalized spacial score (nSPS) is 17.8. The second kappa shape index (κ2) is 8.83. The highest BCUT2D eigenvalue weighted by molar-refractivity contribution is 5.69. The van der Waals surface area contributed by atoms with Crippen LogP contribution in [0.5, 0.6) is 0 Å². The Balaban J connectivity index is 1.85. The highest BCUT2D eigenvalue weighted by Crippen LogP contribution is 2.34. The molecule has 2 aromatic heterocycles. The SMILES string of the molecule is Nc1cc(C(F)F)c(-c2nc3c(c(N4CCOCC4)n2)CCCOCCN3)cn1. The van der Waals surface area contributed by atoms with Crippen molar-refractivity contribution in [2.24, 2.45) is 0 Å². The first-order valence-corrected chi connectivity index (χ1v) is 9.72. The zero-order chi connectivity index (χ0) is 20.2. The number of aromatic nitrogens is 3. The molecule has 2 aliphatic heterocycles. The average Bonchev–Trinajstić information content (AvgIpc) is 2.85. The number of hydrogen-bond donors (Lipinski definition) is 2. The van der Waals surface area contributed by atoms with Crippen molar-refractivity contribution < 1.29 is 18.3 Å². The minimum atomic E-state index is -2.71. The number of alkyl halides is 2. The van der Waals surface area contributed by atoms with Crippen LogP contribution in [0.3, 0.4) is 0 Å². The summed E-state index contributed by atoms with van der Waals surface area (Å²) in [7, 11) is 0. The number of fused-ring (bicyclic) bond motifs is 1. The van der Waals surface area contributed by atoms with E-state index in [4.69, 9.17) is 20.2 Å². The molecule has 3 N–H and O–H groups in total. The third-order valence-corrected chi connectivity index (χ3v) is 4.98. The molecule has 0 saturated carbocycles. The molecule has 0 spiro atoms. The number of ether oxygens (including phenoxy) is 2. The minimum absolute atomic E-state index is 0.0375. The first-order valence-electron chi connectivity index (χ1n) is 9.72. The van der Waals surface area contributed by atoms with Gasteiger partial charge in [-0.25, -0.2) is 23.7 Å². The summed E-state index contributed by atoms with van der Waals surface area (Å²) in [4.78, 5) is 15.4. The van der Waals surface area contributed by atoms with Gasteiger partial charge in [-0.05, 0) is 18.9 Å². The molecule has 8 nitrogen and oxygen atoms in total. The van der Waals surface area contributed by atoms with Gasteiger partial charge in [-0.2, -0.15) is 0 Å². The van der Waals surface area contributed by atoms with E-state index in [0.29, 0.717) is 51.9 Å². The minimum Gasteiger partial charge on any atom is -0.384 e. The van der Waals surface area contributed by atoms with Crippen LogP contribution in [0.15, 0.2) is 12.3 Å². The van der Waals surface area contributed by atoms with E-state index in [0.717, 1.165) is 24.2 Å². The number of hydrogen-bond acceptors (Lipinski definition) is 8. The molecular weight excluding hydrogens is 382 g/mol. The maximum atomic E-state index is 13.7. The highest BCUT2D eigenvalue weighted by Gasteiger charge is 2.25. The number of anilines is 3. The number of nitrogens with two attached hydrogens (primary N) is 1. The third-order valence-electron chi connectivity index (χ3n) is 4.98. The molecule has 2 aromatic rings. The molecule has 29 heavy (non-hydrogen) atoms. The summed E-state index contributed by atoms with van der Waals surface area (Å²) < 4.78 is 38.4. The maximum absolute atomic E-state index is 13.7. The summed E-state index contributed by atoms with van der Waals surface area (Å²) in [6.45, 7) is 4.34. The zero-order valence-corrected chi connectivity index (χ0v) is 16.0. The smallest absolute Gasteiger partial charge is 0.264 e. The van der Waals surface area contributed by atoms with Gasteiger partial charge in [0.05, 0.1) is 19.8 Å². The predicted molar refractivity (Wildman–Crippen MR) is 105 cm³/mol. The number of nitrogens with zero attached hydrogens (tertiary/aromatic N) is 4. The van der Waals surface area contributed by atoms with Crippen LogP contribution in [0, 0.1) is 0 Å². The van der Waals surface area contributed by atoms with Crippen molar-refractivity contribution in [1.82, 2.24) is 15.0 Å². The Morgan fingerprint density at radius 3 is 2.69 bits per heavy atom. The Kier molecular flexibility index (Phi) is 6.00. The van der Waals surface area contributed by atoms with Crippen molar-refractivity contribution in [3.05, 3.63) is 23.4 Å². The highest BCUT2D eigenvalue weighted by atomic mass is 19.3. The van der Waals surface area contributed by atoms with Crippen molar-refractivity contribution in [2.45, 2.75) is 19.3 Å². The first kappa shape index (κ1) is 19.7. The molecule has 1 saturated heterocycles. The fourth-order valence-electron chi connectivity index (χ4n) is 3.56. The van der Waals surface area contributed by atoms with Crippen molar-refractivity contribution >= 4 is 17.5 Å². The lowest BCUT2D eigenvalue weighted by Crippen LogP contribution is -2.37. The molecule has 0 atom stereocenters. The lowest BCUT2D eigenvalue weighted by atomic mass is 10.1. The molecule has 2 aliphatic rings. The Morgan fingerprint density at radius 1 is 1.10 bits per heavy atom. The number of halogens is 2. The monoisotopic (exact) mass is 406 g/mol. The lowest BCUT2D eigenvalue weighted by molar-refractivity contribution is 0.122. The Bertz CT molecular complexity index is 861. The Hall–Kier alpha value is -2.59. The summed E-state index contributed by atoms with van der Waals surface area (Å²) in [5.41, 5.74) is 6.56. The molecule has 0 amide bonds. The van der Waals surface area contributed by atoms with Gasteiger partial charge in [0.25, 0.3) is 6.43 Å². The van der Waals surface area contributed by atoms with Gasteiger partial charge in [0.1, 0.15) is 17.5 Å². The van der Waals surface area contributed by atoms with Crippen LogP contribution in [0.4, 0.5) is 26.2 Å². The molecule has 0 bridgehead atoms. The number of nitrogens with one attached hydrogen (secondary N) is 1. The maximum Gasteiger partial charge on any atom is 0.264 e. The first-order chi connectivity index (χ1) is 14.1. The Morgan fingerprint density at radius 2 is 1.90 bits per heavy atom. The molecular formula is C19H24F2N6O2. The molecule has 10 heteroatoms. The predicted octanol–water partition coefficient (Wildman–Crippen LogP) is 2.27. The molecule has 1 fully saturated rings. The van der Waals surface area contributed by atoms with Crippen LogP contribution in [-0.4, -0.2) is 61.0 Å². The number of rotatable bonds is 3. The van der Waals surface area contributed by atoms with Crippen LogP contribution >= 0.6 is 0 Å². The van der Waals surface area contributed by atoms with Gasteiger partial charge >= 0.3 is 0 Å². The second-order valence-electron chi connectivity index (χ2n) is 6.94. The summed E-state index contributed by atoms with van der Waals surface area (Å²) in [6, 6.07) is 1.18. The standard InChI is InChI=1S/C19H24F2N6O2/c20-16(21)13-10-15(22)24-11-14(13)18-25-17-12(2-1-6-28-7-3-23-17)19(26-18)27-4-8-29-9-5-27/h10-11,16H,1-9H2,(H2,22,24)(H,23,25,26). The van der Waals surface area contributed by atoms with E-state index in [1.54, 1.807) is 0 Å². The van der Waals surface area contributed by atoms with Crippen molar-refractivity contribution in [1.29, 1.82) is 0 Å². The Labute approximate surface area is 167 Å². The van der Waals surface area contributed by atoms with E-state index in [-0.39, 0.29) is 22.8 Å². The average molecular weight is 406 g/mol. The van der Waals surface area contributed by atoms with Crippen LogP contribution < -0.4 is 16.0 Å². The van der Waals surface area contributed by atoms with Crippen LogP contribution in [-0.2, 0) is 15.9 Å². The van der Waals surface area contributed by atoms with Gasteiger partial charge in [0, 0.05) is 49.1 Å². The van der Waals surface area contributed by atoms with Gasteiger partial charge in [-0.1, -0.05) is 0 Å². The number of pyridine rings is 1. The molecule has 156 valence electrons. The molecule has 4 heterocycles. The fourth-order valence-corrected chi connectivity index (χ4v) is 3.56. The van der Waals surface area contributed by atoms with Crippen molar-refractivity contribution in [3.8, 4) is 11.4 Å². The summed E-state index contributed by atoms with van der Waals surface area (Å²) in [5, 5.41) is 3.29. The quantitative estimate of drug-likeness (QED) is 0.801. The van der Waals surface area contributed by atoms with Crippen LogP contribution in [0.1, 0.15) is 24.0 Å². The van der Waals surface area contributed by atoms with Crippen LogP contribution in [0.2, 0.25) is 0 Å². The van der Waals surface area contributed by atoms with E-state index in [2.05, 4.69) is 20.2 Å². The van der Waals surface area contributed by atoms with E-state index in [1.165, 1.54) is 12.3 Å². The fraction of sp³-hybridized carbons (Fsp3) is 0.526. The van der Waals surface area contributed by atoms with E-state index in [1.807, 2.05) is 0 Å². The lowest BCUT2D eigenvalue weighted by Gasteiger charge is -2.30. The number of nitrogen functional groups attached to an aromatic ring is 1. The molecule has 0 aromatic carbocycles. The largest absolute Gasteiger partial charge is 0.384 e. The van der Waals surface area contributed by atoms with E-state index < -0.39 is 6.43 Å². The summed E-state index contributed by atoms with van der Waals surface area (Å²) in [6.07, 6.45) is 0.175. The van der Waals surface area contributed by atoms with Crippen LogP contribution in [0.25, 0.3) is 11.4 Å².